The number of carboxylic acids is 1. The summed E-state index contributed by atoms with van der Waals surface area (Å²) in [4.78, 5) is 22.9. The Morgan fingerprint density at radius 1 is 1.19 bits per heavy atom. The van der Waals surface area contributed by atoms with Crippen molar-refractivity contribution in [1.29, 1.82) is 0 Å². The van der Waals surface area contributed by atoms with E-state index in [2.05, 4.69) is 15.0 Å². The van der Waals surface area contributed by atoms with Crippen molar-refractivity contribution in [2.45, 2.75) is 0 Å². The standard InChI is InChI=1S/C14H8ClN3O3/c15-8-5-9(7-16-6-8)21-13-10-3-1-2-4-11(10)17-12(18-13)14(19)20/h1-7H,(H,19,20). The number of carbonyl (C=O) groups is 1. The van der Waals surface area contributed by atoms with Crippen molar-refractivity contribution in [2.75, 3.05) is 0 Å². The Labute approximate surface area is 124 Å². The fourth-order valence-corrected chi connectivity index (χ4v) is 1.94. The molecule has 0 aliphatic rings. The number of benzene rings is 1. The molecule has 0 fully saturated rings. The number of nitrogens with zero attached hydrogens (tertiary/aromatic N) is 3. The van der Waals surface area contributed by atoms with Crippen LogP contribution in [-0.2, 0) is 0 Å². The lowest BCUT2D eigenvalue weighted by atomic mass is 10.2. The van der Waals surface area contributed by atoms with E-state index in [0.29, 0.717) is 21.7 Å². The molecule has 0 aliphatic carbocycles. The quantitative estimate of drug-likeness (QED) is 0.799. The van der Waals surface area contributed by atoms with E-state index in [1.807, 2.05) is 0 Å². The van der Waals surface area contributed by atoms with Crippen LogP contribution in [0.2, 0.25) is 5.02 Å². The SMILES string of the molecule is O=C(O)c1nc(Oc2cncc(Cl)c2)c2ccccc2n1. The molecule has 0 radical (unpaired) electrons. The van der Waals surface area contributed by atoms with Gasteiger partial charge in [-0.2, -0.15) is 4.98 Å². The van der Waals surface area contributed by atoms with Crippen molar-refractivity contribution in [3.05, 3.63) is 53.6 Å². The lowest BCUT2D eigenvalue weighted by Crippen LogP contribution is -2.05. The van der Waals surface area contributed by atoms with E-state index in [1.165, 1.54) is 12.4 Å². The van der Waals surface area contributed by atoms with Crippen molar-refractivity contribution in [2.24, 2.45) is 0 Å². The minimum absolute atomic E-state index is 0.141. The second-order valence-corrected chi connectivity index (χ2v) is 4.55. The first-order chi connectivity index (χ1) is 10.1. The number of hydrogen-bond acceptors (Lipinski definition) is 5. The van der Waals surface area contributed by atoms with E-state index < -0.39 is 5.97 Å². The Bertz CT molecular complexity index is 839. The van der Waals surface area contributed by atoms with Gasteiger partial charge in [0.1, 0.15) is 5.75 Å². The molecule has 21 heavy (non-hydrogen) atoms. The number of para-hydroxylation sites is 1. The molecular formula is C14H8ClN3O3. The maximum absolute atomic E-state index is 11.1. The number of ether oxygens (including phenoxy) is 1. The maximum Gasteiger partial charge on any atom is 0.374 e. The first-order valence-corrected chi connectivity index (χ1v) is 6.30. The predicted molar refractivity (Wildman–Crippen MR) is 75.8 cm³/mol. The number of rotatable bonds is 3. The molecule has 0 bridgehead atoms. The molecule has 6 nitrogen and oxygen atoms in total. The van der Waals surface area contributed by atoms with Crippen molar-refractivity contribution in [1.82, 2.24) is 15.0 Å². The normalized spacial score (nSPS) is 10.5. The molecule has 1 aromatic carbocycles. The molecule has 0 atom stereocenters. The summed E-state index contributed by atoms with van der Waals surface area (Å²) >= 11 is 5.84. The van der Waals surface area contributed by atoms with Gasteiger partial charge < -0.3 is 9.84 Å². The van der Waals surface area contributed by atoms with Gasteiger partial charge in [0, 0.05) is 12.3 Å². The number of pyridine rings is 1. The van der Waals surface area contributed by atoms with Gasteiger partial charge in [0.05, 0.1) is 22.1 Å². The van der Waals surface area contributed by atoms with Gasteiger partial charge >= 0.3 is 5.97 Å². The third-order valence-corrected chi connectivity index (χ3v) is 2.86. The first-order valence-electron chi connectivity index (χ1n) is 5.92. The van der Waals surface area contributed by atoms with Crippen molar-refractivity contribution >= 4 is 28.5 Å². The van der Waals surface area contributed by atoms with Gasteiger partial charge in [0.25, 0.3) is 0 Å². The average Bonchev–Trinajstić information content (AvgIpc) is 2.47. The second-order valence-electron chi connectivity index (χ2n) is 4.12. The van der Waals surface area contributed by atoms with E-state index in [1.54, 1.807) is 30.3 Å². The highest BCUT2D eigenvalue weighted by Gasteiger charge is 2.14. The molecule has 2 heterocycles. The van der Waals surface area contributed by atoms with Crippen LogP contribution in [0.15, 0.2) is 42.7 Å². The molecule has 0 unspecified atom stereocenters. The fraction of sp³-hybridized carbons (Fsp3) is 0. The van der Waals surface area contributed by atoms with Crippen LogP contribution in [0.5, 0.6) is 11.6 Å². The van der Waals surface area contributed by atoms with Crippen LogP contribution in [-0.4, -0.2) is 26.0 Å². The topological polar surface area (TPSA) is 85.2 Å². The van der Waals surface area contributed by atoms with Crippen LogP contribution in [0.3, 0.4) is 0 Å². The zero-order chi connectivity index (χ0) is 14.8. The Balaban J connectivity index is 2.13. The van der Waals surface area contributed by atoms with E-state index in [0.717, 1.165) is 0 Å². The Morgan fingerprint density at radius 3 is 2.76 bits per heavy atom. The van der Waals surface area contributed by atoms with Gasteiger partial charge in [-0.3, -0.25) is 4.98 Å². The summed E-state index contributed by atoms with van der Waals surface area (Å²) in [6.07, 6.45) is 2.93. The predicted octanol–water partition coefficient (Wildman–Crippen LogP) is 3.17. The summed E-state index contributed by atoms with van der Waals surface area (Å²) in [6.45, 7) is 0. The molecule has 0 aliphatic heterocycles. The van der Waals surface area contributed by atoms with Crippen LogP contribution < -0.4 is 4.74 Å². The van der Waals surface area contributed by atoms with E-state index in [-0.39, 0.29) is 11.7 Å². The minimum Gasteiger partial charge on any atom is -0.475 e. The zero-order valence-corrected chi connectivity index (χ0v) is 11.3. The van der Waals surface area contributed by atoms with Gasteiger partial charge in [0.15, 0.2) is 0 Å². The molecule has 1 N–H and O–H groups in total. The molecule has 104 valence electrons. The molecular weight excluding hydrogens is 294 g/mol. The number of aromatic nitrogens is 3. The zero-order valence-electron chi connectivity index (χ0n) is 10.5. The summed E-state index contributed by atoms with van der Waals surface area (Å²) in [5.74, 6) is -1.06. The number of aromatic carboxylic acids is 1. The van der Waals surface area contributed by atoms with Gasteiger partial charge in [-0.05, 0) is 12.1 Å². The largest absolute Gasteiger partial charge is 0.475 e. The van der Waals surface area contributed by atoms with Crippen LogP contribution in [0.4, 0.5) is 0 Å². The third kappa shape index (κ3) is 2.75. The van der Waals surface area contributed by atoms with Crippen molar-refractivity contribution in [3.8, 4) is 11.6 Å². The smallest absolute Gasteiger partial charge is 0.374 e. The number of carboxylic acid groups (broad SMARTS) is 1. The van der Waals surface area contributed by atoms with E-state index in [9.17, 15) is 4.79 Å². The molecule has 0 amide bonds. The highest BCUT2D eigenvalue weighted by Crippen LogP contribution is 2.28. The van der Waals surface area contributed by atoms with Crippen LogP contribution in [0, 0.1) is 0 Å². The number of hydrogen-bond donors (Lipinski definition) is 1. The molecule has 3 aromatic rings. The third-order valence-electron chi connectivity index (χ3n) is 2.65. The summed E-state index contributed by atoms with van der Waals surface area (Å²) in [7, 11) is 0. The molecule has 2 aromatic heterocycles. The Morgan fingerprint density at radius 2 is 2.00 bits per heavy atom. The molecule has 0 spiro atoms. The van der Waals surface area contributed by atoms with Gasteiger partial charge in [-0.15, -0.1) is 0 Å². The summed E-state index contributed by atoms with van der Waals surface area (Å²) in [5.41, 5.74) is 0.481. The molecule has 0 saturated heterocycles. The highest BCUT2D eigenvalue weighted by molar-refractivity contribution is 6.30. The van der Waals surface area contributed by atoms with E-state index >= 15 is 0 Å². The summed E-state index contributed by atoms with van der Waals surface area (Å²) in [5, 5.41) is 10.1. The molecule has 3 rings (SSSR count). The average molecular weight is 302 g/mol. The number of fused-ring (bicyclic) bond motifs is 1. The number of halogens is 1. The minimum atomic E-state index is -1.23. The van der Waals surface area contributed by atoms with Gasteiger partial charge in [-0.25, -0.2) is 9.78 Å². The summed E-state index contributed by atoms with van der Waals surface area (Å²) < 4.78 is 5.60. The monoisotopic (exact) mass is 301 g/mol. The van der Waals surface area contributed by atoms with Crippen molar-refractivity contribution < 1.29 is 14.6 Å². The van der Waals surface area contributed by atoms with Crippen LogP contribution in [0.1, 0.15) is 10.6 Å². The highest BCUT2D eigenvalue weighted by atomic mass is 35.5. The summed E-state index contributed by atoms with van der Waals surface area (Å²) in [6, 6.07) is 8.54. The molecule has 0 saturated carbocycles. The second kappa shape index (κ2) is 5.34. The lowest BCUT2D eigenvalue weighted by molar-refractivity contribution is 0.0683. The van der Waals surface area contributed by atoms with Crippen LogP contribution in [0.25, 0.3) is 10.9 Å². The van der Waals surface area contributed by atoms with Crippen LogP contribution >= 0.6 is 11.6 Å². The van der Waals surface area contributed by atoms with E-state index in [4.69, 9.17) is 21.4 Å². The fourth-order valence-electron chi connectivity index (χ4n) is 1.78. The van der Waals surface area contributed by atoms with Gasteiger partial charge in [0.2, 0.25) is 11.7 Å². The Kier molecular flexibility index (Phi) is 3.37. The van der Waals surface area contributed by atoms with Gasteiger partial charge in [-0.1, -0.05) is 23.7 Å². The molecule has 7 heteroatoms. The Hall–Kier alpha value is -2.73. The first kappa shape index (κ1) is 13.3. The van der Waals surface area contributed by atoms with Crippen molar-refractivity contribution in [3.63, 3.8) is 0 Å². The maximum atomic E-state index is 11.1. The lowest BCUT2D eigenvalue weighted by Gasteiger charge is -2.08.